The van der Waals surface area contributed by atoms with Crippen LogP contribution in [0.25, 0.3) is 0 Å². The maximum Gasteiger partial charge on any atom is 0.173 e. The molecule has 14 heavy (non-hydrogen) atoms. The van der Waals surface area contributed by atoms with E-state index >= 15 is 0 Å². The van der Waals surface area contributed by atoms with Gasteiger partial charge in [-0.2, -0.15) is 0 Å². The van der Waals surface area contributed by atoms with Gasteiger partial charge in [0.1, 0.15) is 11.4 Å². The molecule has 0 aromatic carbocycles. The largest absolute Gasteiger partial charge is 0.343 e. The molecule has 3 nitrogen and oxygen atoms in total. The third kappa shape index (κ3) is 1.09. The minimum Gasteiger partial charge on any atom is -0.343 e. The monoisotopic (exact) mass is 196 g/mol. The lowest BCUT2D eigenvalue weighted by Gasteiger charge is -2.38. The first-order chi connectivity index (χ1) is 6.62. The first kappa shape index (κ1) is 8.86. The van der Waals surface area contributed by atoms with E-state index in [9.17, 15) is 4.79 Å². The van der Waals surface area contributed by atoms with Gasteiger partial charge in [-0.25, -0.2) is 0 Å². The Kier molecular flexibility index (Phi) is 1.63. The average molecular weight is 196 g/mol. The van der Waals surface area contributed by atoms with Gasteiger partial charge in [-0.15, -0.1) is 0 Å². The van der Waals surface area contributed by atoms with Crippen LogP contribution in [0.1, 0.15) is 45.4 Å². The van der Waals surface area contributed by atoms with E-state index < -0.39 is 5.79 Å². The molecule has 1 aliphatic carbocycles. The van der Waals surface area contributed by atoms with E-state index in [0.29, 0.717) is 18.6 Å². The summed E-state index contributed by atoms with van der Waals surface area (Å²) in [7, 11) is 0. The Labute approximate surface area is 83.8 Å². The SMILES string of the molecule is CC12CC(=O)CC3(CCCCC3O1)O2. The van der Waals surface area contributed by atoms with Gasteiger partial charge in [0.2, 0.25) is 0 Å². The van der Waals surface area contributed by atoms with Gasteiger partial charge < -0.3 is 9.47 Å². The number of carbonyl (C=O) groups excluding carboxylic acids is 1. The van der Waals surface area contributed by atoms with Gasteiger partial charge in [0.25, 0.3) is 0 Å². The fraction of sp³-hybridized carbons (Fsp3) is 0.909. The van der Waals surface area contributed by atoms with Crippen LogP contribution in [0.15, 0.2) is 0 Å². The maximum atomic E-state index is 11.6. The highest BCUT2D eigenvalue weighted by molar-refractivity contribution is 5.81. The van der Waals surface area contributed by atoms with Crippen LogP contribution in [0.3, 0.4) is 0 Å². The molecule has 3 atom stereocenters. The molecule has 1 saturated carbocycles. The summed E-state index contributed by atoms with van der Waals surface area (Å²) in [5, 5.41) is 0. The quantitative estimate of drug-likeness (QED) is 0.592. The lowest BCUT2D eigenvalue weighted by molar-refractivity contribution is -0.200. The number of rotatable bonds is 0. The second-order valence-corrected chi connectivity index (χ2v) is 5.05. The molecule has 0 radical (unpaired) electrons. The van der Waals surface area contributed by atoms with Crippen molar-refractivity contribution < 1.29 is 14.3 Å². The molecule has 3 heteroatoms. The van der Waals surface area contributed by atoms with Gasteiger partial charge >= 0.3 is 0 Å². The zero-order valence-corrected chi connectivity index (χ0v) is 8.54. The average Bonchev–Trinajstić information content (AvgIpc) is 2.28. The molecule has 3 rings (SSSR count). The Morgan fingerprint density at radius 1 is 1.36 bits per heavy atom. The summed E-state index contributed by atoms with van der Waals surface area (Å²) < 4.78 is 11.9. The van der Waals surface area contributed by atoms with E-state index in [1.165, 1.54) is 12.8 Å². The molecule has 2 saturated heterocycles. The summed E-state index contributed by atoms with van der Waals surface area (Å²) in [6.45, 7) is 1.91. The number of Topliss-reactive ketones (excluding diaryl/α,β-unsaturated/α-hetero) is 1. The van der Waals surface area contributed by atoms with Crippen molar-refractivity contribution >= 4 is 5.78 Å². The molecule has 2 aliphatic heterocycles. The fourth-order valence-corrected chi connectivity index (χ4v) is 3.29. The summed E-state index contributed by atoms with van der Waals surface area (Å²) >= 11 is 0. The fourth-order valence-electron chi connectivity index (χ4n) is 3.29. The van der Waals surface area contributed by atoms with Crippen molar-refractivity contribution in [2.75, 3.05) is 0 Å². The molecule has 3 unspecified atom stereocenters. The molecule has 3 aliphatic rings. The van der Waals surface area contributed by atoms with Crippen LogP contribution in [0, 0.1) is 0 Å². The van der Waals surface area contributed by atoms with E-state index in [0.717, 1.165) is 12.8 Å². The third-order valence-corrected chi connectivity index (χ3v) is 3.73. The lowest BCUT2D eigenvalue weighted by atomic mass is 9.78. The molecule has 0 amide bonds. The summed E-state index contributed by atoms with van der Waals surface area (Å²) in [4.78, 5) is 11.6. The van der Waals surface area contributed by atoms with Gasteiger partial charge in [-0.05, 0) is 19.8 Å². The predicted octanol–water partition coefficient (Wildman–Crippen LogP) is 1.79. The zero-order chi connectivity index (χ0) is 9.81. The van der Waals surface area contributed by atoms with Crippen LogP contribution >= 0.6 is 0 Å². The number of ketones is 1. The third-order valence-electron chi connectivity index (χ3n) is 3.73. The summed E-state index contributed by atoms with van der Waals surface area (Å²) in [6, 6.07) is 0. The molecule has 2 bridgehead atoms. The Hall–Kier alpha value is -0.410. The van der Waals surface area contributed by atoms with E-state index in [4.69, 9.17) is 9.47 Å². The molecule has 78 valence electrons. The van der Waals surface area contributed by atoms with E-state index in [1.807, 2.05) is 6.92 Å². The van der Waals surface area contributed by atoms with E-state index in [1.54, 1.807) is 0 Å². The maximum absolute atomic E-state index is 11.6. The highest BCUT2D eigenvalue weighted by Gasteiger charge is 2.60. The van der Waals surface area contributed by atoms with Gasteiger partial charge in [-0.1, -0.05) is 12.8 Å². The summed E-state index contributed by atoms with van der Waals surface area (Å²) in [5.74, 6) is -0.298. The molecular formula is C11H16O3. The van der Waals surface area contributed by atoms with Gasteiger partial charge in [0.05, 0.1) is 12.5 Å². The van der Waals surface area contributed by atoms with Crippen molar-refractivity contribution in [3.63, 3.8) is 0 Å². The summed E-state index contributed by atoms with van der Waals surface area (Å²) in [5.41, 5.74) is -0.248. The lowest BCUT2D eigenvalue weighted by Crippen LogP contribution is -2.47. The van der Waals surface area contributed by atoms with Crippen LogP contribution in [-0.2, 0) is 14.3 Å². The first-order valence-electron chi connectivity index (χ1n) is 5.52. The normalized spacial score (nSPS) is 51.8. The van der Waals surface area contributed by atoms with Crippen molar-refractivity contribution in [3.05, 3.63) is 0 Å². The van der Waals surface area contributed by atoms with Crippen molar-refractivity contribution in [2.45, 2.75) is 62.9 Å². The van der Waals surface area contributed by atoms with Gasteiger partial charge in [-0.3, -0.25) is 4.79 Å². The molecule has 0 N–H and O–H groups in total. The molecule has 0 aromatic rings. The molecule has 2 heterocycles. The van der Waals surface area contributed by atoms with Crippen molar-refractivity contribution in [2.24, 2.45) is 0 Å². The van der Waals surface area contributed by atoms with Gasteiger partial charge in [0, 0.05) is 6.42 Å². The molecule has 1 spiro atoms. The highest BCUT2D eigenvalue weighted by atomic mass is 16.8. The highest BCUT2D eigenvalue weighted by Crippen LogP contribution is 2.51. The van der Waals surface area contributed by atoms with Crippen LogP contribution in [-0.4, -0.2) is 23.3 Å². The second-order valence-electron chi connectivity index (χ2n) is 5.05. The Bertz CT molecular complexity index is 288. The van der Waals surface area contributed by atoms with Crippen LogP contribution < -0.4 is 0 Å². The topological polar surface area (TPSA) is 35.5 Å². The number of ether oxygens (including phenoxy) is 2. The van der Waals surface area contributed by atoms with Crippen molar-refractivity contribution in [3.8, 4) is 0 Å². The van der Waals surface area contributed by atoms with Crippen molar-refractivity contribution in [1.29, 1.82) is 0 Å². The Balaban J connectivity index is 1.97. The van der Waals surface area contributed by atoms with Crippen LogP contribution in [0.4, 0.5) is 0 Å². The second kappa shape index (κ2) is 2.58. The number of hydrogen-bond donors (Lipinski definition) is 0. The predicted molar refractivity (Wildman–Crippen MR) is 49.8 cm³/mol. The first-order valence-corrected chi connectivity index (χ1v) is 5.52. The number of hydrogen-bond acceptors (Lipinski definition) is 3. The van der Waals surface area contributed by atoms with Gasteiger partial charge in [0.15, 0.2) is 5.79 Å². The van der Waals surface area contributed by atoms with E-state index in [-0.39, 0.29) is 11.7 Å². The Morgan fingerprint density at radius 2 is 2.21 bits per heavy atom. The van der Waals surface area contributed by atoms with Crippen molar-refractivity contribution in [1.82, 2.24) is 0 Å². The van der Waals surface area contributed by atoms with Crippen LogP contribution in [0.2, 0.25) is 0 Å². The minimum atomic E-state index is -0.607. The standard InChI is InChI=1S/C11H16O3/c1-10-6-8(12)7-11(14-10)5-3-2-4-9(11)13-10/h9H,2-7H2,1H3. The zero-order valence-electron chi connectivity index (χ0n) is 8.54. The Morgan fingerprint density at radius 3 is 3.07 bits per heavy atom. The molecule has 3 fully saturated rings. The smallest absolute Gasteiger partial charge is 0.173 e. The molecule has 0 aromatic heterocycles. The minimum absolute atomic E-state index is 0.174. The summed E-state index contributed by atoms with van der Waals surface area (Å²) in [6.07, 6.45) is 5.62. The number of fused-ring (bicyclic) bond motifs is 1. The molecular weight excluding hydrogens is 180 g/mol. The van der Waals surface area contributed by atoms with E-state index in [2.05, 4.69) is 0 Å². The number of carbonyl (C=O) groups is 1. The van der Waals surface area contributed by atoms with Crippen LogP contribution in [0.5, 0.6) is 0 Å².